The van der Waals surface area contributed by atoms with Gasteiger partial charge in [0.15, 0.2) is 22.9 Å². The molecule has 568 valence electrons. The summed E-state index contributed by atoms with van der Waals surface area (Å²) in [5.74, 6) is -0.358. The lowest BCUT2D eigenvalue weighted by molar-refractivity contribution is -0.0382. The Hall–Kier alpha value is -12.4. The van der Waals surface area contributed by atoms with Gasteiger partial charge in [0.25, 0.3) is 17.7 Å². The molecule has 111 heavy (non-hydrogen) atoms. The van der Waals surface area contributed by atoms with Crippen molar-refractivity contribution >= 4 is 86.2 Å². The van der Waals surface area contributed by atoms with Crippen LogP contribution in [0.25, 0.3) is 51.1 Å². The van der Waals surface area contributed by atoms with Gasteiger partial charge in [-0.2, -0.15) is 0 Å². The molecule has 0 bridgehead atoms. The molecule has 19 rings (SSSR count). The molecular weight excluding hydrogens is 1440 g/mol. The number of aliphatic hydroxyl groups excluding tert-OH is 2. The van der Waals surface area contributed by atoms with Crippen LogP contribution < -0.4 is 46.6 Å². The molecule has 3 amide bonds. The molecule has 4 saturated heterocycles. The summed E-state index contributed by atoms with van der Waals surface area (Å²) in [5.41, 5.74) is 11.1. The highest BCUT2D eigenvalue weighted by Gasteiger charge is 2.38. The standard InChI is InChI=1S/C29H31FN8O3.2C24H21F2N7O2/c30-19-4-7-38-23(16-32-25(38)12-19)27-21-14-34-28(39)26(21)22(15-33-27)35-24-3-2-20(13-31-24)37-6-1-5-29(40,18-37)17-36-8-10-41-11-9-36;2*25-15-5-7-32(12-19(15)34)13-3-4-20(27-8-13)31-17-10-28-22(14-9-30-24(35)21(14)17)18-11-29-23-16(26)2-1-6-33(18)23/h2-4,7,12-13,15-16,40H,1,5-6,8-11,14,17-18H2,(H,31,35)(H,34,39);2*1-4,6,8,10-11,15,19,34H,5,7,9,12H2,(H,27,31)(H,30,35)/t;2*15-,19-/m.10/s1. The van der Waals surface area contributed by atoms with Gasteiger partial charge in [0.05, 0.1) is 160 Å². The van der Waals surface area contributed by atoms with Gasteiger partial charge >= 0.3 is 0 Å². The third-order valence-corrected chi connectivity index (χ3v) is 21.0. The van der Waals surface area contributed by atoms with Crippen LogP contribution >= 0.6 is 0 Å². The van der Waals surface area contributed by atoms with E-state index in [9.17, 15) is 51.7 Å². The monoisotopic (exact) mass is 1510 g/mol. The van der Waals surface area contributed by atoms with Crippen molar-refractivity contribution in [1.82, 2.24) is 78.9 Å². The predicted octanol–water partition coefficient (Wildman–Crippen LogP) is 8.23. The van der Waals surface area contributed by atoms with Gasteiger partial charge < -0.3 is 66.7 Å². The number of β-amino-alcohol motifs (C(OH)–C–C–N with tert-alkyl or cyclic N) is 3. The van der Waals surface area contributed by atoms with Gasteiger partial charge in [-0.15, -0.1) is 0 Å². The van der Waals surface area contributed by atoms with E-state index in [4.69, 9.17) is 4.74 Å². The van der Waals surface area contributed by atoms with Crippen LogP contribution in [0.2, 0.25) is 0 Å². The fourth-order valence-corrected chi connectivity index (χ4v) is 15.4. The van der Waals surface area contributed by atoms with E-state index in [1.807, 2.05) is 34.1 Å². The number of nitrogens with zero attached hydrogens (tertiary/aromatic N) is 16. The van der Waals surface area contributed by atoms with Gasteiger partial charge in [0.2, 0.25) is 0 Å². The van der Waals surface area contributed by atoms with Crippen molar-refractivity contribution in [3.05, 3.63) is 198 Å². The summed E-state index contributed by atoms with van der Waals surface area (Å²) < 4.78 is 79.5. The quantitative estimate of drug-likeness (QED) is 0.0463. The number of alkyl halides is 2. The molecule has 0 aliphatic carbocycles. The summed E-state index contributed by atoms with van der Waals surface area (Å²) in [5, 5.41) is 49.1. The molecule has 7 aliphatic rings. The average Bonchev–Trinajstić information content (AvgIpc) is 1.63. The first-order valence-corrected chi connectivity index (χ1v) is 36.3. The highest BCUT2D eigenvalue weighted by Crippen LogP contribution is 2.39. The molecule has 34 heteroatoms. The molecule has 0 aromatic carbocycles. The van der Waals surface area contributed by atoms with Crippen LogP contribution in [0.4, 0.5) is 73.5 Å². The van der Waals surface area contributed by atoms with Gasteiger partial charge in [-0.1, -0.05) is 0 Å². The maximum Gasteiger partial charge on any atom is 0.254 e. The third-order valence-electron chi connectivity index (χ3n) is 21.0. The zero-order chi connectivity index (χ0) is 76.2. The van der Waals surface area contributed by atoms with Crippen LogP contribution in [0.3, 0.4) is 0 Å². The number of aliphatic hydroxyl groups is 3. The van der Waals surface area contributed by atoms with Crippen LogP contribution in [0.1, 0.15) is 73.4 Å². The number of rotatable bonds is 14. The topological polar surface area (TPSA) is 336 Å². The predicted molar refractivity (Wildman–Crippen MR) is 400 cm³/mol. The summed E-state index contributed by atoms with van der Waals surface area (Å²) in [6.45, 7) is 7.48. The zero-order valence-corrected chi connectivity index (χ0v) is 59.4. The number of morpholine rings is 1. The zero-order valence-electron chi connectivity index (χ0n) is 59.4. The molecule has 0 radical (unpaired) electrons. The molecule has 12 aromatic rings. The summed E-state index contributed by atoms with van der Waals surface area (Å²) in [6.07, 6.45) is 17.3. The number of hydrogen-bond acceptors (Lipinski definition) is 23. The van der Waals surface area contributed by atoms with Crippen molar-refractivity contribution in [3.63, 3.8) is 0 Å². The van der Waals surface area contributed by atoms with E-state index in [0.29, 0.717) is 148 Å². The third kappa shape index (κ3) is 14.2. The first kappa shape index (κ1) is 71.5. The number of carbonyl (C=O) groups excluding carboxylic acids is 3. The minimum absolute atomic E-state index is 0.185. The lowest BCUT2D eigenvalue weighted by Crippen LogP contribution is -2.56. The van der Waals surface area contributed by atoms with Crippen molar-refractivity contribution in [2.24, 2.45) is 0 Å². The largest absolute Gasteiger partial charge is 0.388 e. The van der Waals surface area contributed by atoms with E-state index in [2.05, 4.69) is 86.6 Å². The molecule has 4 fully saturated rings. The second kappa shape index (κ2) is 29.9. The molecule has 9 N–H and O–H groups in total. The first-order chi connectivity index (χ1) is 53.9. The Bertz CT molecular complexity index is 5340. The number of halogens is 5. The fraction of sp³-hybridized carbons (Fsp3) is 0.299. The Morgan fingerprint density at radius 2 is 0.937 bits per heavy atom. The Morgan fingerprint density at radius 1 is 0.495 bits per heavy atom. The van der Waals surface area contributed by atoms with E-state index in [1.54, 1.807) is 112 Å². The van der Waals surface area contributed by atoms with Gasteiger partial charge in [0.1, 0.15) is 53.5 Å². The Labute approximate surface area is 629 Å². The summed E-state index contributed by atoms with van der Waals surface area (Å²) in [7, 11) is 0. The first-order valence-electron chi connectivity index (χ1n) is 36.3. The number of fused-ring (bicyclic) bond motifs is 6. The highest BCUT2D eigenvalue weighted by atomic mass is 19.1. The van der Waals surface area contributed by atoms with Crippen LogP contribution in [0.15, 0.2) is 147 Å². The number of hydrogen-bond donors (Lipinski definition) is 9. The average molecular weight is 1510 g/mol. The minimum atomic E-state index is -1.21. The molecule has 5 atom stereocenters. The molecule has 29 nitrogen and oxygen atoms in total. The molecule has 12 aromatic heterocycles. The SMILES string of the molecule is O=C1NCc2c(-c3cnc4c(F)cccn34)ncc(Nc3ccc(N4CC[C@@H](F)[C@H](O)C4)cn3)c21.O=C1NCc2c(-c3cnc4c(F)cccn34)ncc(Nc3ccc(N4CC[C@H](F)[C@@H](O)C4)cn3)c21.O=C1NCc2c(-c3cnc4cc(F)ccn34)ncc(Nc3ccc(N4CCCC(O)(CN5CCOCC5)C4)cn3)c21. The fourth-order valence-electron chi connectivity index (χ4n) is 15.4. The lowest BCUT2D eigenvalue weighted by Gasteiger charge is -2.43. The maximum atomic E-state index is 14.1. The van der Waals surface area contributed by atoms with E-state index >= 15 is 0 Å². The number of aromatic nitrogens is 12. The molecule has 0 spiro atoms. The molecular formula is C77H73F5N22O7. The molecule has 7 aliphatic heterocycles. The molecule has 0 saturated carbocycles. The Kier molecular flexibility index (Phi) is 19.3. The van der Waals surface area contributed by atoms with Crippen molar-refractivity contribution < 1.29 is 56.4 Å². The van der Waals surface area contributed by atoms with Crippen molar-refractivity contribution in [2.45, 2.75) is 75.5 Å². The number of ether oxygens (including phenoxy) is 1. The Balaban J connectivity index is 0.000000122. The van der Waals surface area contributed by atoms with Crippen LogP contribution in [-0.2, 0) is 24.4 Å². The number of pyridine rings is 9. The summed E-state index contributed by atoms with van der Waals surface area (Å²) in [4.78, 5) is 86.4. The van der Waals surface area contributed by atoms with E-state index in [-0.39, 0.29) is 73.9 Å². The second-order valence-electron chi connectivity index (χ2n) is 28.1. The number of anilines is 9. The van der Waals surface area contributed by atoms with Gasteiger partial charge in [-0.25, -0.2) is 51.9 Å². The molecule has 19 heterocycles. The maximum absolute atomic E-state index is 14.1. The number of nitrogens with one attached hydrogen (secondary N) is 6. The van der Waals surface area contributed by atoms with Gasteiger partial charge in [-0.05, 0) is 92.4 Å². The number of amides is 3. The number of imidazole rings is 3. The van der Waals surface area contributed by atoms with Crippen molar-refractivity contribution in [3.8, 4) is 34.2 Å². The van der Waals surface area contributed by atoms with Gasteiger partial charge in [-0.3, -0.25) is 47.4 Å². The van der Waals surface area contributed by atoms with Crippen LogP contribution in [0, 0.1) is 17.5 Å². The van der Waals surface area contributed by atoms with E-state index in [0.717, 1.165) is 55.1 Å². The normalized spacial score (nSPS) is 20.2. The van der Waals surface area contributed by atoms with Crippen LogP contribution in [-0.4, -0.2) is 198 Å². The highest BCUT2D eigenvalue weighted by molar-refractivity contribution is 6.07. The van der Waals surface area contributed by atoms with Crippen molar-refractivity contribution in [1.29, 1.82) is 0 Å². The summed E-state index contributed by atoms with van der Waals surface area (Å²) >= 11 is 0. The number of piperidine rings is 3. The Morgan fingerprint density at radius 3 is 1.38 bits per heavy atom. The summed E-state index contributed by atoms with van der Waals surface area (Å²) in [6, 6.07) is 19.6. The van der Waals surface area contributed by atoms with E-state index in [1.165, 1.54) is 24.3 Å². The van der Waals surface area contributed by atoms with Crippen LogP contribution in [0.5, 0.6) is 0 Å². The second-order valence-corrected chi connectivity index (χ2v) is 28.1. The smallest absolute Gasteiger partial charge is 0.254 e. The van der Waals surface area contributed by atoms with Gasteiger partial charge in [0, 0.05) is 120 Å². The lowest BCUT2D eigenvalue weighted by atomic mass is 9.91. The minimum Gasteiger partial charge on any atom is -0.388 e. The number of carbonyl (C=O) groups is 3. The molecule has 1 unspecified atom stereocenters. The van der Waals surface area contributed by atoms with Crippen molar-refractivity contribution in [2.75, 3.05) is 103 Å². The van der Waals surface area contributed by atoms with E-state index < -0.39 is 41.8 Å².